The smallest absolute Gasteiger partial charge is 0.181 e. The summed E-state index contributed by atoms with van der Waals surface area (Å²) in [4.78, 5) is 4.01. The van der Waals surface area contributed by atoms with E-state index in [1.807, 2.05) is 45.9 Å². The van der Waals surface area contributed by atoms with Crippen molar-refractivity contribution in [2.45, 2.75) is 27.7 Å². The minimum Gasteiger partial charge on any atom is -0.235 e. The van der Waals surface area contributed by atoms with E-state index >= 15 is 0 Å². The monoisotopic (exact) mass is 191 g/mol. The number of rotatable bonds is 0. The third-order valence-electron chi connectivity index (χ3n) is 1.29. The Balaban J connectivity index is 0.000000379. The molecule has 0 aliphatic carbocycles. The van der Waals surface area contributed by atoms with Crippen molar-refractivity contribution >= 4 is 11.0 Å². The molecule has 2 aromatic rings. The van der Waals surface area contributed by atoms with Gasteiger partial charge in [0.25, 0.3) is 0 Å². The minimum atomic E-state index is 0.699. The fourth-order valence-electron chi connectivity index (χ4n) is 0.825. The Hall–Kier alpha value is -1.51. The topological polar surface area (TPSA) is 38.7 Å². The number of fused-ring (bicyclic) bond motifs is 1. The molecule has 76 valence electrons. The van der Waals surface area contributed by atoms with E-state index in [0.29, 0.717) is 5.65 Å². The normalized spacial score (nSPS) is 8.00. The Bertz CT molecular complexity index is 282. The van der Waals surface area contributed by atoms with Gasteiger partial charge in [-0.25, -0.2) is 4.98 Å². The van der Waals surface area contributed by atoms with E-state index in [1.54, 1.807) is 12.4 Å². The van der Waals surface area contributed by atoms with Crippen LogP contribution < -0.4 is 0 Å². The summed E-state index contributed by atoms with van der Waals surface area (Å²) in [5.41, 5.74) is 0.699. The molecule has 0 aromatic carbocycles. The average Bonchev–Trinajstić information content (AvgIpc) is 2.34. The van der Waals surface area contributed by atoms with E-state index in [9.17, 15) is 0 Å². The van der Waals surface area contributed by atoms with Gasteiger partial charge in [-0.1, -0.05) is 27.7 Å². The number of hydrogen-bond acceptors (Lipinski definition) is 3. The number of pyridine rings is 1. The molecule has 0 bridgehead atoms. The first-order valence-corrected chi connectivity index (χ1v) is 4.99. The lowest BCUT2D eigenvalue weighted by molar-refractivity contribution is 1.05. The molecule has 0 unspecified atom stereocenters. The molecule has 3 nitrogen and oxygen atoms in total. The van der Waals surface area contributed by atoms with Crippen LogP contribution in [0, 0.1) is 0 Å². The summed E-state index contributed by atoms with van der Waals surface area (Å²) < 4.78 is 0. The van der Waals surface area contributed by atoms with Crippen LogP contribution in [0.2, 0.25) is 0 Å². The third kappa shape index (κ3) is 3.47. The van der Waals surface area contributed by atoms with E-state index in [4.69, 9.17) is 0 Å². The summed E-state index contributed by atoms with van der Waals surface area (Å²) in [5, 5.41) is 8.55. The first-order chi connectivity index (χ1) is 6.97. The molecule has 0 aliphatic heterocycles. The molecule has 0 fully saturated rings. The summed E-state index contributed by atoms with van der Waals surface area (Å²) in [6, 6.07) is 5.72. The van der Waals surface area contributed by atoms with Gasteiger partial charge in [-0.3, -0.25) is 0 Å². The van der Waals surface area contributed by atoms with Gasteiger partial charge >= 0.3 is 0 Å². The van der Waals surface area contributed by atoms with E-state index in [2.05, 4.69) is 15.2 Å². The molecular formula is C11H17N3. The van der Waals surface area contributed by atoms with Gasteiger partial charge in [0.1, 0.15) is 0 Å². The van der Waals surface area contributed by atoms with Crippen molar-refractivity contribution in [1.29, 1.82) is 0 Å². The van der Waals surface area contributed by atoms with Crippen LogP contribution in [0.5, 0.6) is 0 Å². The minimum absolute atomic E-state index is 0.699. The SMILES string of the molecule is CC.CC.c1cnc2nnccc2c1. The molecule has 0 radical (unpaired) electrons. The summed E-state index contributed by atoms with van der Waals surface area (Å²) in [6.07, 6.45) is 3.36. The maximum Gasteiger partial charge on any atom is 0.181 e. The first kappa shape index (κ1) is 12.5. The Labute approximate surface area is 85.2 Å². The maximum atomic E-state index is 4.01. The van der Waals surface area contributed by atoms with Crippen LogP contribution in [0.25, 0.3) is 11.0 Å². The van der Waals surface area contributed by atoms with Crippen LogP contribution >= 0.6 is 0 Å². The molecule has 2 heterocycles. The highest BCUT2D eigenvalue weighted by Gasteiger charge is 1.89. The lowest BCUT2D eigenvalue weighted by atomic mass is 10.3. The summed E-state index contributed by atoms with van der Waals surface area (Å²) >= 11 is 0. The van der Waals surface area contributed by atoms with Crippen molar-refractivity contribution in [2.75, 3.05) is 0 Å². The van der Waals surface area contributed by atoms with Gasteiger partial charge in [0.2, 0.25) is 0 Å². The van der Waals surface area contributed by atoms with Gasteiger partial charge in [-0.2, -0.15) is 5.10 Å². The Morgan fingerprint density at radius 1 is 0.929 bits per heavy atom. The van der Waals surface area contributed by atoms with Crippen molar-refractivity contribution in [1.82, 2.24) is 15.2 Å². The highest BCUT2D eigenvalue weighted by atomic mass is 15.1. The van der Waals surface area contributed by atoms with Gasteiger partial charge in [-0.05, 0) is 18.2 Å². The van der Waals surface area contributed by atoms with Crippen LogP contribution in [0.3, 0.4) is 0 Å². The molecule has 0 aliphatic rings. The Morgan fingerprint density at radius 2 is 1.64 bits per heavy atom. The van der Waals surface area contributed by atoms with E-state index in [0.717, 1.165) is 5.39 Å². The second-order valence-corrected chi connectivity index (χ2v) is 1.95. The summed E-state index contributed by atoms with van der Waals surface area (Å²) in [5.74, 6) is 0. The fourth-order valence-corrected chi connectivity index (χ4v) is 0.825. The molecule has 14 heavy (non-hydrogen) atoms. The molecule has 0 saturated heterocycles. The predicted molar refractivity (Wildman–Crippen MR) is 60.0 cm³/mol. The van der Waals surface area contributed by atoms with Crippen molar-refractivity contribution in [3.8, 4) is 0 Å². The van der Waals surface area contributed by atoms with Crippen molar-refractivity contribution in [3.63, 3.8) is 0 Å². The van der Waals surface area contributed by atoms with Crippen LogP contribution in [0.1, 0.15) is 27.7 Å². The van der Waals surface area contributed by atoms with E-state index in [-0.39, 0.29) is 0 Å². The quantitative estimate of drug-likeness (QED) is 0.642. The van der Waals surface area contributed by atoms with Gasteiger partial charge in [0.15, 0.2) is 5.65 Å². The highest BCUT2D eigenvalue weighted by Crippen LogP contribution is 2.03. The third-order valence-corrected chi connectivity index (χ3v) is 1.29. The van der Waals surface area contributed by atoms with Crippen LogP contribution in [0.4, 0.5) is 0 Å². The number of hydrogen-bond donors (Lipinski definition) is 0. The number of nitrogens with zero attached hydrogens (tertiary/aromatic N) is 3. The van der Waals surface area contributed by atoms with Crippen molar-refractivity contribution in [3.05, 3.63) is 30.6 Å². The lowest BCUT2D eigenvalue weighted by Crippen LogP contribution is -1.83. The second-order valence-electron chi connectivity index (χ2n) is 1.95. The zero-order chi connectivity index (χ0) is 10.8. The molecule has 2 aromatic heterocycles. The molecule has 0 amide bonds. The van der Waals surface area contributed by atoms with E-state index < -0.39 is 0 Å². The van der Waals surface area contributed by atoms with Gasteiger partial charge in [-0.15, -0.1) is 5.10 Å². The van der Waals surface area contributed by atoms with Gasteiger partial charge < -0.3 is 0 Å². The Morgan fingerprint density at radius 3 is 2.29 bits per heavy atom. The van der Waals surface area contributed by atoms with Crippen molar-refractivity contribution < 1.29 is 0 Å². The largest absolute Gasteiger partial charge is 0.235 e. The summed E-state index contributed by atoms with van der Waals surface area (Å²) in [7, 11) is 0. The summed E-state index contributed by atoms with van der Waals surface area (Å²) in [6.45, 7) is 8.00. The standard InChI is InChI=1S/C7H5N3.2C2H6/c1-2-6-3-5-9-10-7(6)8-4-1;2*1-2/h1-5H;2*1-2H3. The zero-order valence-electron chi connectivity index (χ0n) is 9.23. The molecule has 2 rings (SSSR count). The predicted octanol–water partition coefficient (Wildman–Crippen LogP) is 3.08. The van der Waals surface area contributed by atoms with Gasteiger partial charge in [0.05, 0.1) is 6.20 Å². The second kappa shape index (κ2) is 8.10. The molecule has 0 atom stereocenters. The fraction of sp³-hybridized carbons (Fsp3) is 0.364. The number of aromatic nitrogens is 3. The molecular weight excluding hydrogens is 174 g/mol. The van der Waals surface area contributed by atoms with Crippen LogP contribution in [-0.2, 0) is 0 Å². The van der Waals surface area contributed by atoms with E-state index in [1.165, 1.54) is 0 Å². The molecule has 0 saturated carbocycles. The maximum absolute atomic E-state index is 4.01. The van der Waals surface area contributed by atoms with Crippen LogP contribution in [0.15, 0.2) is 30.6 Å². The molecule has 0 spiro atoms. The first-order valence-electron chi connectivity index (χ1n) is 4.99. The molecule has 0 N–H and O–H groups in total. The van der Waals surface area contributed by atoms with Crippen LogP contribution in [-0.4, -0.2) is 15.2 Å². The lowest BCUT2D eigenvalue weighted by Gasteiger charge is -1.89. The molecule has 3 heteroatoms. The van der Waals surface area contributed by atoms with Crippen molar-refractivity contribution in [2.24, 2.45) is 0 Å². The average molecular weight is 191 g/mol. The highest BCUT2D eigenvalue weighted by molar-refractivity contribution is 5.72. The Kier molecular flexibility index (Phi) is 7.23. The van der Waals surface area contributed by atoms with Gasteiger partial charge in [0, 0.05) is 11.6 Å². The zero-order valence-corrected chi connectivity index (χ0v) is 9.23.